The average Bonchev–Trinajstić information content (AvgIpc) is 3.53. The van der Waals surface area contributed by atoms with Crippen molar-refractivity contribution in [2.24, 2.45) is 34.8 Å². The Labute approximate surface area is 313 Å². The molecular formula is C39H58N4O10. The molecule has 1 fully saturated rings. The van der Waals surface area contributed by atoms with Crippen LogP contribution in [0.3, 0.4) is 0 Å². The number of nitrogens with zero attached hydrogens (tertiary/aromatic N) is 2. The van der Waals surface area contributed by atoms with Gasteiger partial charge in [0.2, 0.25) is 18.6 Å². The molecule has 14 heteroatoms. The van der Waals surface area contributed by atoms with Crippen LogP contribution in [0.4, 0.5) is 4.79 Å². The maximum Gasteiger partial charge on any atom is 0.414 e. The highest BCUT2D eigenvalue weighted by atomic mass is 16.7. The molecule has 14 nitrogen and oxygen atoms in total. The van der Waals surface area contributed by atoms with E-state index in [-0.39, 0.29) is 42.5 Å². The molecule has 3 N–H and O–H groups in total. The summed E-state index contributed by atoms with van der Waals surface area (Å²) < 4.78 is 33.6. The van der Waals surface area contributed by atoms with Crippen LogP contribution in [0.2, 0.25) is 0 Å². The van der Waals surface area contributed by atoms with Crippen LogP contribution >= 0.6 is 0 Å². The molecule has 1 aliphatic rings. The van der Waals surface area contributed by atoms with Gasteiger partial charge < -0.3 is 39.5 Å². The van der Waals surface area contributed by atoms with Gasteiger partial charge in [-0.1, -0.05) is 33.8 Å². The van der Waals surface area contributed by atoms with Crippen molar-refractivity contribution in [3.05, 3.63) is 53.9 Å². The third-order valence-corrected chi connectivity index (χ3v) is 9.74. The molecule has 53 heavy (non-hydrogen) atoms. The zero-order valence-electron chi connectivity index (χ0n) is 32.4. The van der Waals surface area contributed by atoms with E-state index in [1.165, 1.54) is 29.4 Å². The van der Waals surface area contributed by atoms with Crippen molar-refractivity contribution in [1.82, 2.24) is 15.2 Å². The van der Waals surface area contributed by atoms with Gasteiger partial charge in [-0.25, -0.2) is 9.59 Å². The smallest absolute Gasteiger partial charge is 0.414 e. The molecule has 0 unspecified atom stereocenters. The van der Waals surface area contributed by atoms with Gasteiger partial charge in [-0.05, 0) is 80.7 Å². The fourth-order valence-electron chi connectivity index (χ4n) is 6.07. The third-order valence-electron chi connectivity index (χ3n) is 9.74. The lowest BCUT2D eigenvalue weighted by atomic mass is 9.80. The van der Waals surface area contributed by atoms with E-state index in [0.717, 1.165) is 12.0 Å². The van der Waals surface area contributed by atoms with Crippen molar-refractivity contribution in [1.29, 1.82) is 0 Å². The number of rotatable bonds is 21. The number of carbonyl (C=O) groups excluding carboxylic acids is 4. The minimum Gasteiger partial charge on any atom is -0.493 e. The van der Waals surface area contributed by atoms with Crippen molar-refractivity contribution in [2.45, 2.75) is 79.4 Å². The summed E-state index contributed by atoms with van der Waals surface area (Å²) in [6.45, 7) is 12.0. The summed E-state index contributed by atoms with van der Waals surface area (Å²) in [6, 6.07) is 8.42. The Morgan fingerprint density at radius 3 is 2.32 bits per heavy atom. The molecule has 0 aliphatic carbocycles. The third kappa shape index (κ3) is 12.9. The SMILES string of the molecule is COCCCOc1cc(C[C@@H](C[C@H]2[C@H](C[C@H](C(=O)NCC(C)(C)C(N)=O)C(C)C)OCN2C(=O)OCOC(=O)c2ccncc2)C(C)C)ccc1OC. The van der Waals surface area contributed by atoms with E-state index in [9.17, 15) is 19.2 Å². The Bertz CT molecular complexity index is 1490. The first-order valence-electron chi connectivity index (χ1n) is 18.2. The number of nitrogens with one attached hydrogen (secondary N) is 1. The molecule has 2 aromatic rings. The molecule has 3 amide bonds. The minimum absolute atomic E-state index is 0.0690. The van der Waals surface area contributed by atoms with Gasteiger partial charge in [0.1, 0.15) is 6.73 Å². The highest BCUT2D eigenvalue weighted by Gasteiger charge is 2.43. The second-order valence-corrected chi connectivity index (χ2v) is 14.7. The van der Waals surface area contributed by atoms with E-state index in [4.69, 9.17) is 34.2 Å². The van der Waals surface area contributed by atoms with Gasteiger partial charge >= 0.3 is 12.1 Å². The van der Waals surface area contributed by atoms with Gasteiger partial charge in [0.15, 0.2) is 11.5 Å². The van der Waals surface area contributed by atoms with Gasteiger partial charge in [0.05, 0.1) is 36.8 Å². The summed E-state index contributed by atoms with van der Waals surface area (Å²) in [7, 11) is 3.25. The number of hydrogen-bond donors (Lipinski definition) is 2. The van der Waals surface area contributed by atoms with Gasteiger partial charge in [0.25, 0.3) is 0 Å². The molecule has 1 aliphatic heterocycles. The van der Waals surface area contributed by atoms with E-state index in [1.54, 1.807) is 28.1 Å². The molecule has 1 aromatic heterocycles. The Hall–Kier alpha value is -4.43. The second-order valence-electron chi connectivity index (χ2n) is 14.7. The van der Waals surface area contributed by atoms with E-state index in [2.05, 4.69) is 24.1 Å². The van der Waals surface area contributed by atoms with Crippen molar-refractivity contribution >= 4 is 23.9 Å². The molecule has 2 heterocycles. The van der Waals surface area contributed by atoms with Crippen molar-refractivity contribution < 1.29 is 47.6 Å². The first-order chi connectivity index (χ1) is 25.2. The lowest BCUT2D eigenvalue weighted by molar-refractivity contribution is -0.130. The fourth-order valence-corrected chi connectivity index (χ4v) is 6.07. The molecule has 294 valence electrons. The quantitative estimate of drug-likeness (QED) is 0.100. The van der Waals surface area contributed by atoms with Crippen molar-refractivity contribution in [3.63, 3.8) is 0 Å². The number of aromatic nitrogens is 1. The van der Waals surface area contributed by atoms with Crippen LogP contribution < -0.4 is 20.5 Å². The highest BCUT2D eigenvalue weighted by molar-refractivity contribution is 5.89. The maximum absolute atomic E-state index is 13.6. The molecule has 0 saturated carbocycles. The fraction of sp³-hybridized carbons (Fsp3) is 0.615. The number of pyridine rings is 1. The number of carbonyl (C=O) groups is 4. The lowest BCUT2D eigenvalue weighted by Crippen LogP contribution is -2.47. The summed E-state index contributed by atoms with van der Waals surface area (Å²) >= 11 is 0. The monoisotopic (exact) mass is 742 g/mol. The molecule has 4 atom stereocenters. The number of ether oxygens (including phenoxy) is 6. The van der Waals surface area contributed by atoms with Crippen molar-refractivity contribution in [3.8, 4) is 11.5 Å². The number of primary amides is 1. The second kappa shape index (κ2) is 20.7. The van der Waals surface area contributed by atoms with Crippen LogP contribution in [-0.4, -0.2) is 93.4 Å². The number of hydrogen-bond acceptors (Lipinski definition) is 11. The summed E-state index contributed by atoms with van der Waals surface area (Å²) in [5.41, 5.74) is 5.93. The number of methoxy groups -OCH3 is 2. The Balaban J connectivity index is 1.84. The zero-order valence-corrected chi connectivity index (χ0v) is 32.4. The summed E-state index contributed by atoms with van der Waals surface area (Å²) in [4.78, 5) is 56.9. The topological polar surface area (TPSA) is 178 Å². The van der Waals surface area contributed by atoms with Crippen LogP contribution in [-0.2, 0) is 35.0 Å². The molecule has 3 rings (SSSR count). The van der Waals surface area contributed by atoms with E-state index in [1.807, 2.05) is 32.0 Å². The molecule has 0 bridgehead atoms. The molecule has 0 spiro atoms. The summed E-state index contributed by atoms with van der Waals surface area (Å²) in [6.07, 6.45) is 3.97. The predicted molar refractivity (Wildman–Crippen MR) is 197 cm³/mol. The minimum atomic E-state index is -0.925. The van der Waals surface area contributed by atoms with E-state index >= 15 is 0 Å². The van der Waals surface area contributed by atoms with Gasteiger partial charge in [-0.15, -0.1) is 0 Å². The Morgan fingerprint density at radius 1 is 0.981 bits per heavy atom. The predicted octanol–water partition coefficient (Wildman–Crippen LogP) is 4.98. The van der Waals surface area contributed by atoms with Crippen molar-refractivity contribution in [2.75, 3.05) is 47.5 Å². The number of amides is 3. The molecule has 1 saturated heterocycles. The van der Waals surface area contributed by atoms with Crippen LogP contribution in [0.1, 0.15) is 76.7 Å². The van der Waals surface area contributed by atoms with E-state index < -0.39 is 48.2 Å². The number of esters is 1. The zero-order chi connectivity index (χ0) is 39.1. The van der Waals surface area contributed by atoms with Gasteiger partial charge in [-0.2, -0.15) is 0 Å². The van der Waals surface area contributed by atoms with Gasteiger partial charge in [0, 0.05) is 45.0 Å². The standard InChI is InChI=1S/C39H58N4O10/c1-25(2)29(18-27-10-11-32(49-8)34(19-27)50-17-9-16-48-7)20-31-33(21-30(26(3)4)35(44)42-22-39(5,6)37(40)46)51-23-43(31)38(47)53-24-52-36(45)28-12-14-41-15-13-28/h10-15,19,25-26,29-31,33H,9,16-18,20-24H2,1-8H3,(H2,40,46)(H,42,44)/t29-,30-,31-,33-/m0/s1. The van der Waals surface area contributed by atoms with Crippen LogP contribution in [0.5, 0.6) is 11.5 Å². The molecular weight excluding hydrogens is 684 g/mol. The summed E-state index contributed by atoms with van der Waals surface area (Å²) in [5.74, 6) is -0.413. The van der Waals surface area contributed by atoms with Crippen LogP contribution in [0.15, 0.2) is 42.7 Å². The van der Waals surface area contributed by atoms with Crippen LogP contribution in [0, 0.1) is 29.1 Å². The number of nitrogens with two attached hydrogens (primary N) is 1. The molecule has 0 radical (unpaired) electrons. The first kappa shape index (κ1) is 43.0. The number of benzene rings is 1. The molecule has 1 aromatic carbocycles. The normalized spacial score (nSPS) is 17.0. The van der Waals surface area contributed by atoms with Crippen LogP contribution in [0.25, 0.3) is 0 Å². The Kier molecular flexibility index (Phi) is 16.8. The average molecular weight is 743 g/mol. The Morgan fingerprint density at radius 2 is 1.70 bits per heavy atom. The lowest BCUT2D eigenvalue weighted by Gasteiger charge is -2.33. The first-order valence-corrected chi connectivity index (χ1v) is 18.2. The summed E-state index contributed by atoms with van der Waals surface area (Å²) in [5, 5.41) is 2.91. The maximum atomic E-state index is 13.6. The van der Waals surface area contributed by atoms with Gasteiger partial charge in [-0.3, -0.25) is 19.5 Å². The largest absolute Gasteiger partial charge is 0.493 e. The highest BCUT2D eigenvalue weighted by Crippen LogP contribution is 2.36. The van der Waals surface area contributed by atoms with E-state index in [0.29, 0.717) is 44.0 Å².